The highest BCUT2D eigenvalue weighted by atomic mass is 16.5. The van der Waals surface area contributed by atoms with Crippen molar-refractivity contribution in [3.8, 4) is 17.0 Å². The Bertz CT molecular complexity index is 672. The zero-order valence-corrected chi connectivity index (χ0v) is 11.2. The fourth-order valence-corrected chi connectivity index (χ4v) is 1.75. The molecule has 0 aliphatic carbocycles. The molecule has 0 unspecified atom stereocenters. The Balaban J connectivity index is 2.48. The zero-order valence-electron chi connectivity index (χ0n) is 11.2. The van der Waals surface area contributed by atoms with Crippen LogP contribution in [0.3, 0.4) is 0 Å². The molecule has 1 heterocycles. The van der Waals surface area contributed by atoms with Gasteiger partial charge in [0.2, 0.25) is 5.95 Å². The van der Waals surface area contributed by atoms with Gasteiger partial charge in [-0.15, -0.1) is 0 Å². The summed E-state index contributed by atoms with van der Waals surface area (Å²) in [6, 6.07) is 8.76. The van der Waals surface area contributed by atoms with Gasteiger partial charge in [-0.3, -0.25) is 10.2 Å². The topological polar surface area (TPSA) is 116 Å². The van der Waals surface area contributed by atoms with Crippen molar-refractivity contribution >= 4 is 11.9 Å². The molecule has 0 radical (unpaired) electrons. The molecule has 2 aromatic rings. The number of aromatic nitrogens is 2. The summed E-state index contributed by atoms with van der Waals surface area (Å²) in [5.74, 6) is 5.14. The van der Waals surface area contributed by atoms with Crippen molar-refractivity contribution in [1.29, 1.82) is 0 Å². The third-order valence-corrected chi connectivity index (χ3v) is 2.63. The molecule has 0 aliphatic rings. The van der Waals surface area contributed by atoms with Gasteiger partial charge in [0.1, 0.15) is 18.1 Å². The van der Waals surface area contributed by atoms with Crippen molar-refractivity contribution in [2.24, 2.45) is 5.84 Å². The molecule has 5 N–H and O–H groups in total. The van der Waals surface area contributed by atoms with Crippen molar-refractivity contribution < 1.29 is 9.53 Å². The first-order chi connectivity index (χ1) is 10.2. The summed E-state index contributed by atoms with van der Waals surface area (Å²) in [6.07, 6.45) is 1.64. The molecule has 7 heteroatoms. The van der Waals surface area contributed by atoms with Crippen LogP contribution in [0.2, 0.25) is 0 Å². The molecular formula is C14H15N5O2. The molecule has 0 atom stereocenters. The quantitative estimate of drug-likeness (QED) is 0.325. The summed E-state index contributed by atoms with van der Waals surface area (Å²) in [6.45, 7) is 3.96. The maximum Gasteiger partial charge on any atom is 0.283 e. The number of hydrogen-bond acceptors (Lipinski definition) is 6. The molecular weight excluding hydrogens is 270 g/mol. The number of nitrogens with one attached hydrogen (secondary N) is 1. The number of nitrogens with zero attached hydrogens (tertiary/aromatic N) is 2. The number of benzene rings is 1. The van der Waals surface area contributed by atoms with Crippen LogP contribution in [0.25, 0.3) is 11.3 Å². The van der Waals surface area contributed by atoms with Gasteiger partial charge in [-0.25, -0.2) is 15.8 Å². The lowest BCUT2D eigenvalue weighted by Crippen LogP contribution is -2.31. The van der Waals surface area contributed by atoms with Gasteiger partial charge in [0.05, 0.1) is 5.69 Å². The molecule has 21 heavy (non-hydrogen) atoms. The van der Waals surface area contributed by atoms with Gasteiger partial charge >= 0.3 is 0 Å². The van der Waals surface area contributed by atoms with E-state index >= 15 is 0 Å². The molecule has 1 amide bonds. The second-order valence-electron chi connectivity index (χ2n) is 4.07. The Kier molecular flexibility index (Phi) is 4.47. The molecule has 0 bridgehead atoms. The van der Waals surface area contributed by atoms with Crippen molar-refractivity contribution in [3.05, 3.63) is 48.7 Å². The molecule has 7 nitrogen and oxygen atoms in total. The molecule has 0 fully saturated rings. The Hall–Kier alpha value is -2.93. The van der Waals surface area contributed by atoms with Crippen LogP contribution < -0.4 is 21.7 Å². The lowest BCUT2D eigenvalue weighted by molar-refractivity contribution is 0.0948. The monoisotopic (exact) mass is 285 g/mol. The van der Waals surface area contributed by atoms with Crippen molar-refractivity contribution in [3.63, 3.8) is 0 Å². The largest absolute Gasteiger partial charge is 0.489 e. The zero-order chi connectivity index (χ0) is 15.2. The van der Waals surface area contributed by atoms with Gasteiger partial charge in [0.25, 0.3) is 5.91 Å². The number of hydrogen-bond donors (Lipinski definition) is 3. The summed E-state index contributed by atoms with van der Waals surface area (Å²) >= 11 is 0. The molecule has 0 aliphatic heterocycles. The Labute approximate surface area is 121 Å². The van der Waals surface area contributed by atoms with Crippen LogP contribution in [0.15, 0.2) is 43.0 Å². The van der Waals surface area contributed by atoms with E-state index in [4.69, 9.17) is 16.3 Å². The van der Waals surface area contributed by atoms with Gasteiger partial charge < -0.3 is 10.5 Å². The van der Waals surface area contributed by atoms with Crippen LogP contribution in [0.1, 0.15) is 10.5 Å². The molecule has 2 rings (SSSR count). The van der Waals surface area contributed by atoms with E-state index in [1.54, 1.807) is 12.1 Å². The second kappa shape index (κ2) is 6.49. The maximum atomic E-state index is 11.6. The van der Waals surface area contributed by atoms with Gasteiger partial charge in [-0.05, 0) is 18.2 Å². The highest BCUT2D eigenvalue weighted by Gasteiger charge is 2.13. The molecule has 108 valence electrons. The van der Waals surface area contributed by atoms with Crippen LogP contribution in [-0.4, -0.2) is 22.5 Å². The lowest BCUT2D eigenvalue weighted by atomic mass is 10.1. The van der Waals surface area contributed by atoms with Crippen LogP contribution in [-0.2, 0) is 0 Å². The number of amides is 1. The summed E-state index contributed by atoms with van der Waals surface area (Å²) in [4.78, 5) is 19.5. The summed E-state index contributed by atoms with van der Waals surface area (Å²) in [5, 5.41) is 0. The summed E-state index contributed by atoms with van der Waals surface area (Å²) in [5.41, 5.74) is 8.90. The average Bonchev–Trinajstić information content (AvgIpc) is 2.51. The minimum absolute atomic E-state index is 0.0235. The first-order valence-corrected chi connectivity index (χ1v) is 6.14. The van der Waals surface area contributed by atoms with Crippen LogP contribution in [0.5, 0.6) is 5.75 Å². The van der Waals surface area contributed by atoms with E-state index in [0.29, 0.717) is 23.6 Å². The summed E-state index contributed by atoms with van der Waals surface area (Å²) < 4.78 is 5.56. The van der Waals surface area contributed by atoms with E-state index < -0.39 is 5.91 Å². The highest BCUT2D eigenvalue weighted by Crippen LogP contribution is 2.29. The maximum absolute atomic E-state index is 11.6. The van der Waals surface area contributed by atoms with Crippen LogP contribution in [0.4, 0.5) is 5.95 Å². The van der Waals surface area contributed by atoms with Crippen LogP contribution in [0, 0.1) is 0 Å². The Morgan fingerprint density at radius 3 is 2.86 bits per heavy atom. The van der Waals surface area contributed by atoms with E-state index in [9.17, 15) is 4.79 Å². The first-order valence-electron chi connectivity index (χ1n) is 6.14. The van der Waals surface area contributed by atoms with Gasteiger partial charge in [0, 0.05) is 5.56 Å². The fraction of sp³-hybridized carbons (Fsp3) is 0.0714. The Morgan fingerprint density at radius 2 is 2.14 bits per heavy atom. The number of anilines is 1. The molecule has 1 aromatic carbocycles. The number of carbonyl (C=O) groups excluding carboxylic acids is 1. The van der Waals surface area contributed by atoms with E-state index in [1.165, 1.54) is 6.07 Å². The second-order valence-corrected chi connectivity index (χ2v) is 4.07. The fourth-order valence-electron chi connectivity index (χ4n) is 1.75. The molecule has 0 saturated heterocycles. The minimum atomic E-state index is -0.546. The van der Waals surface area contributed by atoms with E-state index in [1.807, 2.05) is 23.6 Å². The predicted molar refractivity (Wildman–Crippen MR) is 79.2 cm³/mol. The SMILES string of the molecule is C=CCOc1ccccc1-c1cc(C(=O)NN)nc(N)n1. The third-order valence-electron chi connectivity index (χ3n) is 2.63. The van der Waals surface area contributed by atoms with Gasteiger partial charge in [0.15, 0.2) is 0 Å². The van der Waals surface area contributed by atoms with E-state index in [2.05, 4.69) is 16.5 Å². The third kappa shape index (κ3) is 3.34. The first kappa shape index (κ1) is 14.5. The van der Waals surface area contributed by atoms with E-state index in [-0.39, 0.29) is 11.6 Å². The molecule has 0 spiro atoms. The number of rotatable bonds is 5. The lowest BCUT2D eigenvalue weighted by Gasteiger charge is -2.10. The minimum Gasteiger partial charge on any atom is -0.489 e. The van der Waals surface area contributed by atoms with Crippen molar-refractivity contribution in [1.82, 2.24) is 15.4 Å². The van der Waals surface area contributed by atoms with Crippen molar-refractivity contribution in [2.75, 3.05) is 12.3 Å². The number of nitrogen functional groups attached to an aromatic ring is 2. The van der Waals surface area contributed by atoms with Crippen LogP contribution >= 0.6 is 0 Å². The molecule has 1 aromatic heterocycles. The van der Waals surface area contributed by atoms with Crippen molar-refractivity contribution in [2.45, 2.75) is 0 Å². The highest BCUT2D eigenvalue weighted by molar-refractivity contribution is 5.93. The molecule has 0 saturated carbocycles. The average molecular weight is 285 g/mol. The standard InChI is InChI=1S/C14H15N5O2/c1-2-7-21-12-6-4-3-5-9(12)10-8-11(13(20)19-16)18-14(15)17-10/h2-6,8H,1,7,16H2,(H,19,20)(H2,15,17,18). The number of para-hydroxylation sites is 1. The predicted octanol–water partition coefficient (Wildman–Crippen LogP) is 0.894. The smallest absolute Gasteiger partial charge is 0.283 e. The Morgan fingerprint density at radius 1 is 1.38 bits per heavy atom. The number of hydrazine groups is 1. The van der Waals surface area contributed by atoms with Gasteiger partial charge in [-0.2, -0.15) is 0 Å². The number of carbonyl (C=O) groups is 1. The van der Waals surface area contributed by atoms with E-state index in [0.717, 1.165) is 0 Å². The normalized spacial score (nSPS) is 9.95. The van der Waals surface area contributed by atoms with Gasteiger partial charge in [-0.1, -0.05) is 24.8 Å². The number of ether oxygens (including phenoxy) is 1. The number of nitrogens with two attached hydrogens (primary N) is 2. The summed E-state index contributed by atoms with van der Waals surface area (Å²) in [7, 11) is 0.